The van der Waals surface area contributed by atoms with Crippen LogP contribution in [0, 0.1) is 5.92 Å². The molecule has 0 spiro atoms. The molecule has 1 unspecified atom stereocenters. The van der Waals surface area contributed by atoms with E-state index in [1.807, 2.05) is 31.7 Å². The largest absolute Gasteiger partial charge is 0.385 e. The molecule has 0 aliphatic heterocycles. The highest BCUT2D eigenvalue weighted by Gasteiger charge is 2.22. The molecular weight excluding hydrogens is 216 g/mol. The third-order valence-corrected chi connectivity index (χ3v) is 3.34. The molecule has 4 heteroatoms. The summed E-state index contributed by atoms with van der Waals surface area (Å²) < 4.78 is 1.90. The third-order valence-electron chi connectivity index (χ3n) is 3.34. The Morgan fingerprint density at radius 3 is 2.59 bits per heavy atom. The molecular formula is C13H22N2O2. The van der Waals surface area contributed by atoms with E-state index in [9.17, 15) is 9.90 Å². The fourth-order valence-corrected chi connectivity index (χ4v) is 2.02. The number of aromatic nitrogens is 2. The number of aryl methyl sites for hydroxylation is 2. The van der Waals surface area contributed by atoms with E-state index < -0.39 is 6.10 Å². The lowest BCUT2D eigenvalue weighted by atomic mass is 9.92. The summed E-state index contributed by atoms with van der Waals surface area (Å²) in [7, 11) is 1.91. The number of carbonyl (C=O) groups is 1. The summed E-state index contributed by atoms with van der Waals surface area (Å²) in [5, 5.41) is 9.90. The summed E-state index contributed by atoms with van der Waals surface area (Å²) in [5.41, 5.74) is 0. The fourth-order valence-electron chi connectivity index (χ4n) is 2.02. The Morgan fingerprint density at radius 1 is 1.47 bits per heavy atom. The van der Waals surface area contributed by atoms with E-state index in [1.165, 1.54) is 0 Å². The Kier molecular flexibility index (Phi) is 5.35. The van der Waals surface area contributed by atoms with Crippen molar-refractivity contribution in [2.45, 2.75) is 45.6 Å². The van der Waals surface area contributed by atoms with Gasteiger partial charge in [-0.15, -0.1) is 0 Å². The second-order valence-electron chi connectivity index (χ2n) is 4.44. The average Bonchev–Trinajstić information content (AvgIpc) is 2.73. The molecule has 1 atom stereocenters. The Morgan fingerprint density at radius 2 is 2.12 bits per heavy atom. The molecule has 0 saturated carbocycles. The Balaban J connectivity index is 2.47. The second-order valence-corrected chi connectivity index (χ2v) is 4.44. The first-order valence-corrected chi connectivity index (χ1v) is 6.27. The number of rotatable bonds is 7. The van der Waals surface area contributed by atoms with E-state index in [2.05, 4.69) is 4.98 Å². The monoisotopic (exact) mass is 238 g/mol. The predicted octanol–water partition coefficient (Wildman–Crippen LogP) is 1.72. The molecule has 0 aliphatic carbocycles. The number of ketones is 1. The minimum atomic E-state index is -0.815. The molecule has 1 heterocycles. The number of carbonyl (C=O) groups excluding carboxylic acids is 1. The van der Waals surface area contributed by atoms with Crippen LogP contribution < -0.4 is 0 Å². The van der Waals surface area contributed by atoms with E-state index in [1.54, 1.807) is 6.20 Å². The number of aliphatic hydroxyl groups excluding tert-OH is 1. The first-order chi connectivity index (χ1) is 8.10. The first-order valence-electron chi connectivity index (χ1n) is 6.27. The number of aliphatic hydroxyl groups is 1. The van der Waals surface area contributed by atoms with Gasteiger partial charge in [0.15, 0.2) is 5.78 Å². The van der Waals surface area contributed by atoms with Gasteiger partial charge >= 0.3 is 0 Å². The summed E-state index contributed by atoms with van der Waals surface area (Å²) in [4.78, 5) is 16.0. The molecule has 0 fully saturated rings. The van der Waals surface area contributed by atoms with Gasteiger partial charge in [0.1, 0.15) is 11.9 Å². The molecule has 0 saturated heterocycles. The van der Waals surface area contributed by atoms with Crippen LogP contribution in [0.5, 0.6) is 0 Å². The molecule has 0 radical (unpaired) electrons. The van der Waals surface area contributed by atoms with Crippen molar-refractivity contribution < 1.29 is 9.90 Å². The average molecular weight is 238 g/mol. The van der Waals surface area contributed by atoms with Crippen molar-refractivity contribution in [3.05, 3.63) is 18.2 Å². The standard InChI is InChI=1S/C13H22N2O2/c1-4-10(5-2)13(17)11(16)6-7-12-14-8-9-15(12)3/h8-10,13,17H,4-7H2,1-3H3. The lowest BCUT2D eigenvalue weighted by Gasteiger charge is -2.18. The Hall–Kier alpha value is -1.16. The van der Waals surface area contributed by atoms with E-state index in [0.717, 1.165) is 18.7 Å². The number of imidazole rings is 1. The van der Waals surface area contributed by atoms with Gasteiger partial charge in [-0.1, -0.05) is 26.7 Å². The zero-order valence-electron chi connectivity index (χ0n) is 10.9. The lowest BCUT2D eigenvalue weighted by molar-refractivity contribution is -0.130. The number of nitrogens with zero attached hydrogens (tertiary/aromatic N) is 2. The minimum Gasteiger partial charge on any atom is -0.385 e. The third kappa shape index (κ3) is 3.66. The summed E-state index contributed by atoms with van der Waals surface area (Å²) in [6.45, 7) is 4.01. The second kappa shape index (κ2) is 6.55. The van der Waals surface area contributed by atoms with Crippen molar-refractivity contribution >= 4 is 5.78 Å². The van der Waals surface area contributed by atoms with Gasteiger partial charge in [-0.25, -0.2) is 4.98 Å². The van der Waals surface area contributed by atoms with Gasteiger partial charge in [0.05, 0.1) is 0 Å². The lowest BCUT2D eigenvalue weighted by Crippen LogP contribution is -2.29. The molecule has 17 heavy (non-hydrogen) atoms. The van der Waals surface area contributed by atoms with Crippen LogP contribution in [0.4, 0.5) is 0 Å². The van der Waals surface area contributed by atoms with Crippen molar-refractivity contribution in [1.29, 1.82) is 0 Å². The van der Waals surface area contributed by atoms with Crippen molar-refractivity contribution in [3.8, 4) is 0 Å². The van der Waals surface area contributed by atoms with Crippen LogP contribution in [0.15, 0.2) is 12.4 Å². The predicted molar refractivity (Wildman–Crippen MR) is 66.6 cm³/mol. The smallest absolute Gasteiger partial charge is 0.161 e. The molecule has 1 aromatic rings. The quantitative estimate of drug-likeness (QED) is 0.787. The van der Waals surface area contributed by atoms with Crippen LogP contribution >= 0.6 is 0 Å². The van der Waals surface area contributed by atoms with Crippen LogP contribution in [0.1, 0.15) is 38.9 Å². The molecule has 1 aromatic heterocycles. The van der Waals surface area contributed by atoms with Gasteiger partial charge in [-0.05, 0) is 5.92 Å². The van der Waals surface area contributed by atoms with E-state index in [-0.39, 0.29) is 11.7 Å². The van der Waals surface area contributed by atoms with Crippen LogP contribution in [-0.4, -0.2) is 26.5 Å². The van der Waals surface area contributed by atoms with Crippen LogP contribution in [0.3, 0.4) is 0 Å². The fraction of sp³-hybridized carbons (Fsp3) is 0.692. The number of Topliss-reactive ketones (excluding diaryl/α,β-unsaturated/α-hetero) is 1. The van der Waals surface area contributed by atoms with Crippen LogP contribution in [0.25, 0.3) is 0 Å². The maximum atomic E-state index is 11.8. The van der Waals surface area contributed by atoms with Crippen molar-refractivity contribution in [3.63, 3.8) is 0 Å². The molecule has 96 valence electrons. The topological polar surface area (TPSA) is 55.1 Å². The zero-order chi connectivity index (χ0) is 12.8. The maximum absolute atomic E-state index is 11.8. The van der Waals surface area contributed by atoms with Gasteiger partial charge in [0.2, 0.25) is 0 Å². The molecule has 0 aromatic carbocycles. The van der Waals surface area contributed by atoms with Crippen LogP contribution in [-0.2, 0) is 18.3 Å². The highest BCUT2D eigenvalue weighted by atomic mass is 16.3. The molecule has 4 nitrogen and oxygen atoms in total. The van der Waals surface area contributed by atoms with Crippen molar-refractivity contribution in [2.75, 3.05) is 0 Å². The summed E-state index contributed by atoms with van der Waals surface area (Å²) in [5.74, 6) is 0.903. The molecule has 0 amide bonds. The molecule has 1 N–H and O–H groups in total. The molecule has 1 rings (SSSR count). The van der Waals surface area contributed by atoms with Crippen molar-refractivity contribution in [1.82, 2.24) is 9.55 Å². The Labute approximate surface area is 103 Å². The number of hydrogen-bond acceptors (Lipinski definition) is 3. The normalized spacial score (nSPS) is 13.0. The maximum Gasteiger partial charge on any atom is 0.161 e. The minimum absolute atomic E-state index is 0.0679. The van der Waals surface area contributed by atoms with Crippen molar-refractivity contribution in [2.24, 2.45) is 13.0 Å². The van der Waals surface area contributed by atoms with E-state index in [0.29, 0.717) is 12.8 Å². The summed E-state index contributed by atoms with van der Waals surface area (Å²) in [6, 6.07) is 0. The molecule has 0 aliphatic rings. The molecule has 0 bridgehead atoms. The van der Waals surface area contributed by atoms with E-state index >= 15 is 0 Å². The zero-order valence-corrected chi connectivity index (χ0v) is 10.9. The van der Waals surface area contributed by atoms with Gasteiger partial charge in [0.25, 0.3) is 0 Å². The van der Waals surface area contributed by atoms with E-state index in [4.69, 9.17) is 0 Å². The highest BCUT2D eigenvalue weighted by Crippen LogP contribution is 2.15. The van der Waals surface area contributed by atoms with Crippen LogP contribution in [0.2, 0.25) is 0 Å². The summed E-state index contributed by atoms with van der Waals surface area (Å²) >= 11 is 0. The highest BCUT2D eigenvalue weighted by molar-refractivity contribution is 5.83. The van der Waals surface area contributed by atoms with Gasteiger partial charge in [0, 0.05) is 32.3 Å². The number of hydrogen-bond donors (Lipinski definition) is 1. The summed E-state index contributed by atoms with van der Waals surface area (Å²) in [6.07, 6.45) is 5.40. The Bertz CT molecular complexity index is 356. The van der Waals surface area contributed by atoms with Gasteiger partial charge in [-0.2, -0.15) is 0 Å². The van der Waals surface area contributed by atoms with Gasteiger partial charge in [-0.3, -0.25) is 4.79 Å². The SMILES string of the molecule is CCC(CC)C(O)C(=O)CCc1nccn1C. The van der Waals surface area contributed by atoms with Gasteiger partial charge < -0.3 is 9.67 Å². The first kappa shape index (κ1) is 13.9.